The van der Waals surface area contributed by atoms with E-state index in [1.165, 1.54) is 0 Å². The molecule has 5 nitrogen and oxygen atoms in total. The van der Waals surface area contributed by atoms with Gasteiger partial charge in [0.05, 0.1) is 0 Å². The normalized spacial score (nSPS) is 11.7. The number of anilines is 2. The first-order valence-electron chi connectivity index (χ1n) is 8.67. The fourth-order valence-electron chi connectivity index (χ4n) is 3.54. The van der Waals surface area contributed by atoms with Gasteiger partial charge in [-0.05, 0) is 48.5 Å². The lowest BCUT2D eigenvalue weighted by Gasteiger charge is -2.06. The van der Waals surface area contributed by atoms with Gasteiger partial charge in [-0.15, -0.1) is 0 Å². The minimum Gasteiger partial charge on any atom is -0.438 e. The predicted molar refractivity (Wildman–Crippen MR) is 106 cm³/mol. The molecular formula is C22H13N3O2. The van der Waals surface area contributed by atoms with Crippen LogP contribution in [0, 0.1) is 0 Å². The fraction of sp³-hybridized carbons (Fsp3) is 0. The van der Waals surface area contributed by atoms with Crippen LogP contribution in [0.25, 0.3) is 44.1 Å². The monoisotopic (exact) mass is 351 g/mol. The number of furan rings is 2. The fourth-order valence-corrected chi connectivity index (χ4v) is 3.54. The minimum atomic E-state index is 0.654. The van der Waals surface area contributed by atoms with E-state index in [2.05, 4.69) is 27.4 Å². The van der Waals surface area contributed by atoms with Crippen LogP contribution in [0.4, 0.5) is 11.4 Å². The number of nitrogens with one attached hydrogen (secondary N) is 1. The smallest absolute Gasteiger partial charge is 0.227 e. The molecule has 0 aliphatic rings. The van der Waals surface area contributed by atoms with E-state index in [0.717, 1.165) is 44.1 Å². The van der Waals surface area contributed by atoms with Crippen LogP contribution < -0.4 is 5.32 Å². The minimum absolute atomic E-state index is 0.654. The highest BCUT2D eigenvalue weighted by atomic mass is 16.3. The van der Waals surface area contributed by atoms with Crippen molar-refractivity contribution in [1.82, 2.24) is 9.97 Å². The Morgan fingerprint density at radius 3 is 1.63 bits per heavy atom. The van der Waals surface area contributed by atoms with Gasteiger partial charge in [-0.25, -0.2) is 9.97 Å². The lowest BCUT2D eigenvalue weighted by Crippen LogP contribution is -1.89. The maximum absolute atomic E-state index is 5.86. The zero-order valence-corrected chi connectivity index (χ0v) is 14.1. The number of hydrogen-bond donors (Lipinski definition) is 1. The first kappa shape index (κ1) is 14.3. The Hall–Kier alpha value is -3.86. The molecule has 0 amide bonds. The number of rotatable bonds is 2. The Bertz CT molecular complexity index is 1350. The van der Waals surface area contributed by atoms with Gasteiger partial charge >= 0.3 is 0 Å². The zero-order chi connectivity index (χ0) is 17.8. The number of benzene rings is 2. The molecule has 128 valence electrons. The van der Waals surface area contributed by atoms with Gasteiger partial charge in [0.25, 0.3) is 0 Å². The van der Waals surface area contributed by atoms with Crippen molar-refractivity contribution < 1.29 is 8.83 Å². The van der Waals surface area contributed by atoms with Crippen molar-refractivity contribution in [2.45, 2.75) is 0 Å². The summed E-state index contributed by atoms with van der Waals surface area (Å²) in [5, 5.41) is 7.58. The third-order valence-electron chi connectivity index (χ3n) is 4.79. The van der Waals surface area contributed by atoms with Crippen molar-refractivity contribution in [3.63, 3.8) is 0 Å². The lowest BCUT2D eigenvalue weighted by molar-refractivity contribution is 0.654. The van der Waals surface area contributed by atoms with Gasteiger partial charge in [-0.2, -0.15) is 0 Å². The Balaban J connectivity index is 1.42. The molecule has 0 saturated heterocycles. The second-order valence-electron chi connectivity index (χ2n) is 6.46. The Kier molecular flexibility index (Phi) is 2.82. The highest BCUT2D eigenvalue weighted by Crippen LogP contribution is 2.32. The summed E-state index contributed by atoms with van der Waals surface area (Å²) in [6.07, 6.45) is 3.47. The first-order chi connectivity index (χ1) is 13.3. The quantitative estimate of drug-likeness (QED) is 0.413. The molecule has 4 heterocycles. The molecule has 2 aromatic carbocycles. The van der Waals surface area contributed by atoms with Crippen LogP contribution >= 0.6 is 0 Å². The van der Waals surface area contributed by atoms with Gasteiger partial charge in [0.1, 0.15) is 11.2 Å². The average Bonchev–Trinajstić information content (AvgIpc) is 3.25. The number of pyridine rings is 2. The molecule has 6 rings (SSSR count). The van der Waals surface area contributed by atoms with Gasteiger partial charge in [0, 0.05) is 57.4 Å². The number of hydrogen-bond acceptors (Lipinski definition) is 5. The summed E-state index contributed by atoms with van der Waals surface area (Å²) in [7, 11) is 0. The maximum Gasteiger partial charge on any atom is 0.227 e. The van der Waals surface area contributed by atoms with E-state index >= 15 is 0 Å². The number of aromatic nitrogens is 2. The Morgan fingerprint density at radius 1 is 0.593 bits per heavy atom. The van der Waals surface area contributed by atoms with E-state index in [1.807, 2.05) is 48.5 Å². The van der Waals surface area contributed by atoms with Crippen molar-refractivity contribution in [2.75, 3.05) is 5.32 Å². The average molecular weight is 351 g/mol. The predicted octanol–water partition coefficient (Wildman–Crippen LogP) is 6.02. The SMILES string of the molecule is c1cnc2oc3cc(Nc4ccc5c(c4)oc4ncccc45)ccc3c2c1. The van der Waals surface area contributed by atoms with Crippen molar-refractivity contribution in [2.24, 2.45) is 0 Å². The van der Waals surface area contributed by atoms with Gasteiger partial charge < -0.3 is 14.2 Å². The molecule has 0 spiro atoms. The van der Waals surface area contributed by atoms with E-state index in [4.69, 9.17) is 8.83 Å². The van der Waals surface area contributed by atoms with E-state index in [-0.39, 0.29) is 0 Å². The topological polar surface area (TPSA) is 64.1 Å². The maximum atomic E-state index is 5.86. The Labute approximate surface area is 153 Å². The molecule has 0 fully saturated rings. The molecule has 0 aliphatic carbocycles. The second kappa shape index (κ2) is 5.32. The van der Waals surface area contributed by atoms with E-state index in [0.29, 0.717) is 11.4 Å². The second-order valence-corrected chi connectivity index (χ2v) is 6.46. The van der Waals surface area contributed by atoms with Crippen molar-refractivity contribution >= 4 is 55.5 Å². The van der Waals surface area contributed by atoms with Crippen molar-refractivity contribution in [1.29, 1.82) is 0 Å². The van der Waals surface area contributed by atoms with Crippen LogP contribution in [0.5, 0.6) is 0 Å². The molecule has 0 unspecified atom stereocenters. The molecule has 0 bridgehead atoms. The van der Waals surface area contributed by atoms with E-state index in [1.54, 1.807) is 12.4 Å². The third-order valence-corrected chi connectivity index (χ3v) is 4.79. The van der Waals surface area contributed by atoms with E-state index < -0.39 is 0 Å². The summed E-state index contributed by atoms with van der Waals surface area (Å²) in [5.41, 5.74) is 4.80. The van der Waals surface area contributed by atoms with Crippen LogP contribution in [0.3, 0.4) is 0 Å². The lowest BCUT2D eigenvalue weighted by atomic mass is 10.1. The summed E-state index contributed by atoms with van der Waals surface area (Å²) >= 11 is 0. The molecule has 0 aliphatic heterocycles. The van der Waals surface area contributed by atoms with Crippen LogP contribution in [0.15, 0.2) is 81.9 Å². The van der Waals surface area contributed by atoms with Crippen LogP contribution in [-0.2, 0) is 0 Å². The molecular weight excluding hydrogens is 338 g/mol. The molecule has 27 heavy (non-hydrogen) atoms. The van der Waals surface area contributed by atoms with Crippen LogP contribution in [0.1, 0.15) is 0 Å². The standard InChI is InChI=1S/C22H13N3O2/c1-3-17-15-7-5-13(11-19(15)26-21(17)23-9-1)25-14-6-8-16-18-4-2-10-24-22(18)27-20(16)12-14/h1-12,25H. The molecule has 6 aromatic rings. The Morgan fingerprint density at radius 2 is 1.11 bits per heavy atom. The molecule has 1 N–H and O–H groups in total. The first-order valence-corrected chi connectivity index (χ1v) is 8.67. The molecule has 0 radical (unpaired) electrons. The molecule has 5 heteroatoms. The van der Waals surface area contributed by atoms with E-state index in [9.17, 15) is 0 Å². The van der Waals surface area contributed by atoms with Crippen LogP contribution in [-0.4, -0.2) is 9.97 Å². The summed E-state index contributed by atoms with van der Waals surface area (Å²) in [6.45, 7) is 0. The van der Waals surface area contributed by atoms with Gasteiger partial charge in [0.2, 0.25) is 11.4 Å². The molecule has 4 aromatic heterocycles. The highest BCUT2D eigenvalue weighted by Gasteiger charge is 2.10. The van der Waals surface area contributed by atoms with Crippen molar-refractivity contribution in [3.8, 4) is 0 Å². The number of fused-ring (bicyclic) bond motifs is 6. The summed E-state index contributed by atoms with van der Waals surface area (Å²) < 4.78 is 11.7. The van der Waals surface area contributed by atoms with Gasteiger partial charge in [-0.3, -0.25) is 0 Å². The summed E-state index contributed by atoms with van der Waals surface area (Å²) in [5.74, 6) is 0. The largest absolute Gasteiger partial charge is 0.438 e. The molecule has 0 atom stereocenters. The third kappa shape index (κ3) is 2.18. The van der Waals surface area contributed by atoms with Crippen LogP contribution in [0.2, 0.25) is 0 Å². The summed E-state index contributed by atoms with van der Waals surface area (Å²) in [6, 6.07) is 20.0. The molecule has 0 saturated carbocycles. The van der Waals surface area contributed by atoms with Crippen molar-refractivity contribution in [3.05, 3.63) is 73.1 Å². The highest BCUT2D eigenvalue weighted by molar-refractivity contribution is 6.05. The zero-order valence-electron chi connectivity index (χ0n) is 14.1. The van der Waals surface area contributed by atoms with Gasteiger partial charge in [-0.1, -0.05) is 0 Å². The summed E-state index contributed by atoms with van der Waals surface area (Å²) in [4.78, 5) is 8.56. The van der Waals surface area contributed by atoms with Gasteiger partial charge in [0.15, 0.2) is 0 Å². The number of nitrogens with zero attached hydrogens (tertiary/aromatic N) is 2.